The second kappa shape index (κ2) is 9.52. The summed E-state index contributed by atoms with van der Waals surface area (Å²) in [6.07, 6.45) is 1.58. The van der Waals surface area contributed by atoms with E-state index in [9.17, 15) is 4.79 Å². The molecular weight excluding hydrogens is 452 g/mol. The van der Waals surface area contributed by atoms with Crippen LogP contribution < -0.4 is 19.7 Å². The number of para-hydroxylation sites is 2. The number of rotatable bonds is 5. The smallest absolute Gasteiger partial charge is 0.322 e. The number of fused-ring (bicyclic) bond motifs is 1. The van der Waals surface area contributed by atoms with Crippen molar-refractivity contribution in [1.29, 1.82) is 0 Å². The van der Waals surface area contributed by atoms with Crippen LogP contribution in [0.5, 0.6) is 11.5 Å². The lowest BCUT2D eigenvalue weighted by molar-refractivity contribution is 0.208. The number of hydrogen-bond donors (Lipinski definition) is 1. The van der Waals surface area contributed by atoms with Crippen LogP contribution in [-0.4, -0.2) is 65.7 Å². The zero-order valence-corrected chi connectivity index (χ0v) is 19.7. The minimum absolute atomic E-state index is 0.142. The maximum Gasteiger partial charge on any atom is 0.322 e. The minimum Gasteiger partial charge on any atom is -0.497 e. The third-order valence-corrected chi connectivity index (χ3v) is 6.65. The fraction of sp³-hybridized carbons (Fsp3) is 0.250. The summed E-state index contributed by atoms with van der Waals surface area (Å²) in [7, 11) is 3.24. The van der Waals surface area contributed by atoms with E-state index in [0.717, 1.165) is 33.0 Å². The van der Waals surface area contributed by atoms with E-state index in [4.69, 9.17) is 9.47 Å². The molecule has 1 aliphatic rings. The summed E-state index contributed by atoms with van der Waals surface area (Å²) in [6.45, 7) is 2.50. The van der Waals surface area contributed by atoms with Crippen molar-refractivity contribution in [3.63, 3.8) is 0 Å². The first kappa shape index (κ1) is 21.9. The second-order valence-corrected chi connectivity index (χ2v) is 8.51. The first-order chi connectivity index (χ1) is 16.7. The van der Waals surface area contributed by atoms with Crippen LogP contribution in [0.15, 0.2) is 54.9 Å². The van der Waals surface area contributed by atoms with Crippen LogP contribution in [0.25, 0.3) is 21.5 Å². The second-order valence-electron chi connectivity index (χ2n) is 7.74. The van der Waals surface area contributed by atoms with Gasteiger partial charge in [0.1, 0.15) is 33.7 Å². The molecule has 4 aromatic rings. The van der Waals surface area contributed by atoms with E-state index in [1.807, 2.05) is 48.5 Å². The Morgan fingerprint density at radius 3 is 2.47 bits per heavy atom. The Bertz CT molecular complexity index is 1300. The standard InChI is InChI=1S/C24H24N6O3S/c1-32-17-9-7-16(8-10-17)20-21-22(34-28-20)23(26-15-25-21)29-11-13-30(14-12-29)24(31)27-18-5-3-4-6-19(18)33-2/h3-10,15H,11-14H2,1-2H3,(H,27,31). The molecule has 0 atom stereocenters. The van der Waals surface area contributed by atoms with Gasteiger partial charge in [-0.2, -0.15) is 4.37 Å². The Kier molecular flexibility index (Phi) is 6.13. The van der Waals surface area contributed by atoms with E-state index in [0.29, 0.717) is 37.6 Å². The van der Waals surface area contributed by atoms with Gasteiger partial charge >= 0.3 is 6.03 Å². The molecule has 5 rings (SSSR count). The number of benzene rings is 2. The summed E-state index contributed by atoms with van der Waals surface area (Å²) < 4.78 is 16.2. The molecule has 0 aliphatic carbocycles. The lowest BCUT2D eigenvalue weighted by Gasteiger charge is -2.35. The highest BCUT2D eigenvalue weighted by molar-refractivity contribution is 7.14. The molecule has 1 N–H and O–H groups in total. The molecule has 3 heterocycles. The van der Waals surface area contributed by atoms with Crippen molar-refractivity contribution in [3.8, 4) is 22.8 Å². The van der Waals surface area contributed by atoms with Crippen LogP contribution >= 0.6 is 11.5 Å². The van der Waals surface area contributed by atoms with E-state index < -0.39 is 0 Å². The van der Waals surface area contributed by atoms with Crippen molar-refractivity contribution in [2.75, 3.05) is 50.6 Å². The van der Waals surface area contributed by atoms with Crippen LogP contribution in [0.2, 0.25) is 0 Å². The summed E-state index contributed by atoms with van der Waals surface area (Å²) in [5.41, 5.74) is 3.30. The summed E-state index contributed by atoms with van der Waals surface area (Å²) >= 11 is 1.40. The molecule has 2 aromatic carbocycles. The molecular formula is C24H24N6O3S. The van der Waals surface area contributed by atoms with Crippen molar-refractivity contribution in [3.05, 3.63) is 54.9 Å². The van der Waals surface area contributed by atoms with E-state index in [-0.39, 0.29) is 6.03 Å². The maximum atomic E-state index is 12.8. The van der Waals surface area contributed by atoms with Crippen molar-refractivity contribution < 1.29 is 14.3 Å². The molecule has 1 saturated heterocycles. The van der Waals surface area contributed by atoms with Gasteiger partial charge in [0.2, 0.25) is 0 Å². The van der Waals surface area contributed by atoms with Gasteiger partial charge in [-0.15, -0.1) is 0 Å². The third kappa shape index (κ3) is 4.19. The van der Waals surface area contributed by atoms with Gasteiger partial charge in [-0.3, -0.25) is 0 Å². The fourth-order valence-electron chi connectivity index (χ4n) is 3.98. The number of methoxy groups -OCH3 is 2. The minimum atomic E-state index is -0.142. The summed E-state index contributed by atoms with van der Waals surface area (Å²) in [4.78, 5) is 25.9. The number of carbonyl (C=O) groups is 1. The number of piperazine rings is 1. The molecule has 1 fully saturated rings. The third-order valence-electron chi connectivity index (χ3n) is 5.82. The monoisotopic (exact) mass is 476 g/mol. The van der Waals surface area contributed by atoms with E-state index in [1.54, 1.807) is 25.4 Å². The van der Waals surface area contributed by atoms with E-state index in [2.05, 4.69) is 24.6 Å². The Balaban J connectivity index is 1.30. The van der Waals surface area contributed by atoms with E-state index in [1.165, 1.54) is 11.5 Å². The average molecular weight is 477 g/mol. The topological polar surface area (TPSA) is 92.7 Å². The average Bonchev–Trinajstić information content (AvgIpc) is 3.33. The van der Waals surface area contributed by atoms with Crippen molar-refractivity contribution in [2.45, 2.75) is 0 Å². The predicted molar refractivity (Wildman–Crippen MR) is 133 cm³/mol. The van der Waals surface area contributed by atoms with Crippen molar-refractivity contribution >= 4 is 39.3 Å². The van der Waals surface area contributed by atoms with Crippen LogP contribution in [0.3, 0.4) is 0 Å². The van der Waals surface area contributed by atoms with Crippen molar-refractivity contribution in [2.24, 2.45) is 0 Å². The molecule has 0 radical (unpaired) electrons. The van der Waals surface area contributed by atoms with Gasteiger partial charge in [0, 0.05) is 31.7 Å². The van der Waals surface area contributed by atoms with Gasteiger partial charge in [0.15, 0.2) is 5.82 Å². The number of amides is 2. The summed E-state index contributed by atoms with van der Waals surface area (Å²) in [6, 6.07) is 15.0. The van der Waals surface area contributed by atoms with Crippen LogP contribution in [0, 0.1) is 0 Å². The molecule has 0 saturated carbocycles. The number of nitrogens with one attached hydrogen (secondary N) is 1. The molecule has 0 spiro atoms. The summed E-state index contributed by atoms with van der Waals surface area (Å²) in [5.74, 6) is 2.29. The zero-order chi connectivity index (χ0) is 23.5. The fourth-order valence-corrected chi connectivity index (χ4v) is 4.85. The number of anilines is 2. The van der Waals surface area contributed by atoms with Gasteiger partial charge in [0.05, 0.1) is 19.9 Å². The Labute approximate surface area is 201 Å². The van der Waals surface area contributed by atoms with Gasteiger partial charge in [-0.25, -0.2) is 14.8 Å². The molecule has 2 amide bonds. The quantitative estimate of drug-likeness (QED) is 0.463. The first-order valence-electron chi connectivity index (χ1n) is 10.9. The number of nitrogens with zero attached hydrogens (tertiary/aromatic N) is 5. The number of ether oxygens (including phenoxy) is 2. The molecule has 2 aromatic heterocycles. The van der Waals surface area contributed by atoms with Crippen LogP contribution in [0.4, 0.5) is 16.3 Å². The number of urea groups is 1. The van der Waals surface area contributed by atoms with Gasteiger partial charge < -0.3 is 24.6 Å². The molecule has 0 bridgehead atoms. The summed E-state index contributed by atoms with van der Waals surface area (Å²) in [5, 5.41) is 2.95. The molecule has 10 heteroatoms. The zero-order valence-electron chi connectivity index (χ0n) is 18.9. The molecule has 34 heavy (non-hydrogen) atoms. The van der Waals surface area contributed by atoms with E-state index >= 15 is 0 Å². The Morgan fingerprint density at radius 1 is 0.971 bits per heavy atom. The molecule has 0 unspecified atom stereocenters. The maximum absolute atomic E-state index is 12.8. The first-order valence-corrected chi connectivity index (χ1v) is 11.6. The Morgan fingerprint density at radius 2 is 1.74 bits per heavy atom. The van der Waals surface area contributed by atoms with Gasteiger partial charge in [-0.1, -0.05) is 12.1 Å². The van der Waals surface area contributed by atoms with Crippen LogP contribution in [0.1, 0.15) is 0 Å². The highest BCUT2D eigenvalue weighted by Gasteiger charge is 2.25. The SMILES string of the molecule is COc1ccc(-c2nsc3c(N4CCN(C(=O)Nc5ccccc5OC)CC4)ncnc23)cc1. The van der Waals surface area contributed by atoms with Crippen molar-refractivity contribution in [1.82, 2.24) is 19.2 Å². The lowest BCUT2D eigenvalue weighted by Crippen LogP contribution is -2.50. The molecule has 1 aliphatic heterocycles. The number of aromatic nitrogens is 3. The normalized spacial score (nSPS) is 13.7. The largest absolute Gasteiger partial charge is 0.497 e. The van der Waals surface area contributed by atoms with Crippen LogP contribution in [-0.2, 0) is 0 Å². The predicted octanol–water partition coefficient (Wildman–Crippen LogP) is 4.12. The molecule has 9 nitrogen and oxygen atoms in total. The highest BCUT2D eigenvalue weighted by Crippen LogP contribution is 2.35. The highest BCUT2D eigenvalue weighted by atomic mass is 32.1. The molecule has 174 valence electrons. The van der Waals surface area contributed by atoms with Gasteiger partial charge in [0.25, 0.3) is 0 Å². The van der Waals surface area contributed by atoms with Gasteiger partial charge in [-0.05, 0) is 47.9 Å². The lowest BCUT2D eigenvalue weighted by atomic mass is 10.1. The number of hydrogen-bond acceptors (Lipinski definition) is 8. The number of carbonyl (C=O) groups excluding carboxylic acids is 1. The Hall–Kier alpha value is -3.92.